The molecular formula is C16H25NO2S. The van der Waals surface area contributed by atoms with Crippen LogP contribution in [-0.2, 0) is 0 Å². The molecule has 0 radical (unpaired) electrons. The highest BCUT2D eigenvalue weighted by molar-refractivity contribution is 7.99. The predicted molar refractivity (Wildman–Crippen MR) is 85.3 cm³/mol. The van der Waals surface area contributed by atoms with Crippen LogP contribution in [0.1, 0.15) is 49.9 Å². The molecule has 112 valence electrons. The second-order valence-corrected chi connectivity index (χ2v) is 6.16. The Morgan fingerprint density at radius 1 is 1.40 bits per heavy atom. The van der Waals surface area contributed by atoms with Crippen LogP contribution in [0.25, 0.3) is 0 Å². The van der Waals surface area contributed by atoms with Crippen LogP contribution < -0.4 is 5.73 Å². The second-order valence-electron chi connectivity index (χ2n) is 5.11. The molecule has 1 atom stereocenters. The fourth-order valence-corrected chi connectivity index (χ4v) is 3.24. The first-order valence-corrected chi connectivity index (χ1v) is 8.21. The molecule has 3 N–H and O–H groups in total. The van der Waals surface area contributed by atoms with E-state index in [1.807, 2.05) is 31.2 Å². The first-order chi connectivity index (χ1) is 9.54. The number of hydrogen-bond acceptors (Lipinski definition) is 4. The van der Waals surface area contributed by atoms with Crippen LogP contribution in [0.2, 0.25) is 0 Å². The van der Waals surface area contributed by atoms with Crippen LogP contribution in [0, 0.1) is 0 Å². The van der Waals surface area contributed by atoms with Crippen molar-refractivity contribution in [3.05, 3.63) is 29.8 Å². The third-order valence-electron chi connectivity index (χ3n) is 3.41. The van der Waals surface area contributed by atoms with Gasteiger partial charge < -0.3 is 10.8 Å². The lowest BCUT2D eigenvalue weighted by Crippen LogP contribution is -2.30. The number of ketones is 1. The fraction of sp³-hybridized carbons (Fsp3) is 0.562. The lowest BCUT2D eigenvalue weighted by molar-refractivity contribution is 0.0513. The number of carbonyl (C=O) groups excluding carboxylic acids is 1. The van der Waals surface area contributed by atoms with Gasteiger partial charge in [0.05, 0.1) is 5.60 Å². The van der Waals surface area contributed by atoms with E-state index in [2.05, 4.69) is 6.92 Å². The minimum absolute atomic E-state index is 0.0780. The highest BCUT2D eigenvalue weighted by Crippen LogP contribution is 2.28. The molecule has 0 amide bonds. The molecule has 0 saturated carbocycles. The maximum Gasteiger partial charge on any atom is 0.164 e. The maximum absolute atomic E-state index is 11.8. The van der Waals surface area contributed by atoms with Crippen LogP contribution in [0.4, 0.5) is 0 Å². The number of hydrogen-bond donors (Lipinski definition) is 2. The van der Waals surface area contributed by atoms with Gasteiger partial charge in [-0.05, 0) is 31.5 Å². The van der Waals surface area contributed by atoms with Gasteiger partial charge in [-0.25, -0.2) is 0 Å². The Balaban J connectivity index is 2.69. The third kappa shape index (κ3) is 5.27. The quantitative estimate of drug-likeness (QED) is 0.542. The van der Waals surface area contributed by atoms with Crippen molar-refractivity contribution in [2.75, 3.05) is 12.3 Å². The Kier molecular flexibility index (Phi) is 7.27. The van der Waals surface area contributed by atoms with E-state index in [0.29, 0.717) is 24.3 Å². The van der Waals surface area contributed by atoms with Crippen molar-refractivity contribution in [2.24, 2.45) is 5.73 Å². The van der Waals surface area contributed by atoms with Gasteiger partial charge in [0, 0.05) is 22.6 Å². The van der Waals surface area contributed by atoms with Crippen molar-refractivity contribution < 1.29 is 9.90 Å². The number of aliphatic hydroxyl groups is 1. The van der Waals surface area contributed by atoms with E-state index >= 15 is 0 Å². The van der Waals surface area contributed by atoms with Crippen molar-refractivity contribution in [2.45, 2.75) is 50.0 Å². The lowest BCUT2D eigenvalue weighted by atomic mass is 9.98. The van der Waals surface area contributed by atoms with Gasteiger partial charge in [0.2, 0.25) is 0 Å². The SMILES string of the molecule is CCCC(O)(CC)CSc1cccc(C(=O)CCN)c1. The van der Waals surface area contributed by atoms with E-state index in [-0.39, 0.29) is 5.78 Å². The minimum atomic E-state index is -0.614. The first kappa shape index (κ1) is 17.2. The third-order valence-corrected chi connectivity index (χ3v) is 4.68. The Morgan fingerprint density at radius 3 is 2.75 bits per heavy atom. The molecule has 0 saturated heterocycles. The number of benzene rings is 1. The van der Waals surface area contributed by atoms with Gasteiger partial charge in [0.1, 0.15) is 0 Å². The molecule has 4 heteroatoms. The number of thioether (sulfide) groups is 1. The molecule has 0 spiro atoms. The Hall–Kier alpha value is -0.840. The standard InChI is InChI=1S/C16H25NO2S/c1-3-9-16(19,4-2)12-20-14-7-5-6-13(11-14)15(18)8-10-17/h5-7,11,19H,3-4,8-10,12,17H2,1-2H3. The van der Waals surface area contributed by atoms with E-state index < -0.39 is 5.60 Å². The molecular weight excluding hydrogens is 270 g/mol. The van der Waals surface area contributed by atoms with E-state index in [1.165, 1.54) is 0 Å². The molecule has 1 rings (SSSR count). The minimum Gasteiger partial charge on any atom is -0.389 e. The molecule has 0 aromatic heterocycles. The van der Waals surface area contributed by atoms with Crippen molar-refractivity contribution in [1.82, 2.24) is 0 Å². The average Bonchev–Trinajstić information content (AvgIpc) is 2.46. The monoisotopic (exact) mass is 295 g/mol. The average molecular weight is 295 g/mol. The van der Waals surface area contributed by atoms with Crippen LogP contribution >= 0.6 is 11.8 Å². The Bertz CT molecular complexity index is 436. The fourth-order valence-electron chi connectivity index (χ4n) is 2.07. The summed E-state index contributed by atoms with van der Waals surface area (Å²) in [4.78, 5) is 12.8. The molecule has 0 aliphatic heterocycles. The summed E-state index contributed by atoms with van der Waals surface area (Å²) < 4.78 is 0. The van der Waals surface area contributed by atoms with E-state index in [0.717, 1.165) is 24.2 Å². The zero-order chi connectivity index (χ0) is 15.0. The van der Waals surface area contributed by atoms with Crippen molar-refractivity contribution in [3.8, 4) is 0 Å². The Labute approximate surface area is 125 Å². The molecule has 1 aromatic rings. The highest BCUT2D eigenvalue weighted by atomic mass is 32.2. The second kappa shape index (κ2) is 8.45. The molecule has 0 aliphatic rings. The molecule has 0 heterocycles. The smallest absolute Gasteiger partial charge is 0.164 e. The van der Waals surface area contributed by atoms with Crippen LogP contribution in [-0.4, -0.2) is 28.8 Å². The van der Waals surface area contributed by atoms with Crippen molar-refractivity contribution in [3.63, 3.8) is 0 Å². The molecule has 1 aromatic carbocycles. The van der Waals surface area contributed by atoms with Gasteiger partial charge in [-0.1, -0.05) is 32.4 Å². The van der Waals surface area contributed by atoms with Gasteiger partial charge in [-0.15, -0.1) is 11.8 Å². The molecule has 20 heavy (non-hydrogen) atoms. The number of Topliss-reactive ketones (excluding diaryl/α,β-unsaturated/α-hetero) is 1. The Morgan fingerprint density at radius 2 is 2.15 bits per heavy atom. The maximum atomic E-state index is 11.8. The summed E-state index contributed by atoms with van der Waals surface area (Å²) >= 11 is 1.61. The number of carbonyl (C=O) groups is 1. The normalized spacial score (nSPS) is 14.0. The first-order valence-electron chi connectivity index (χ1n) is 7.23. The molecule has 0 aliphatic carbocycles. The molecule has 3 nitrogen and oxygen atoms in total. The van der Waals surface area contributed by atoms with E-state index in [9.17, 15) is 9.90 Å². The zero-order valence-electron chi connectivity index (χ0n) is 12.4. The van der Waals surface area contributed by atoms with E-state index in [4.69, 9.17) is 5.73 Å². The predicted octanol–water partition coefficient (Wildman–Crippen LogP) is 3.25. The summed E-state index contributed by atoms with van der Waals surface area (Å²) in [5.74, 6) is 0.737. The van der Waals surface area contributed by atoms with Gasteiger partial charge in [0.15, 0.2) is 5.78 Å². The van der Waals surface area contributed by atoms with Crippen LogP contribution in [0.3, 0.4) is 0 Å². The molecule has 1 unspecified atom stereocenters. The molecule has 0 fully saturated rings. The largest absolute Gasteiger partial charge is 0.389 e. The summed E-state index contributed by atoms with van der Waals surface area (Å²) in [6.07, 6.45) is 2.91. The summed E-state index contributed by atoms with van der Waals surface area (Å²) in [7, 11) is 0. The van der Waals surface area contributed by atoms with Crippen molar-refractivity contribution in [1.29, 1.82) is 0 Å². The van der Waals surface area contributed by atoms with Crippen LogP contribution in [0.15, 0.2) is 29.2 Å². The van der Waals surface area contributed by atoms with Crippen molar-refractivity contribution >= 4 is 17.5 Å². The topological polar surface area (TPSA) is 63.3 Å². The van der Waals surface area contributed by atoms with Gasteiger partial charge >= 0.3 is 0 Å². The van der Waals surface area contributed by atoms with Gasteiger partial charge in [-0.2, -0.15) is 0 Å². The number of nitrogens with two attached hydrogens (primary N) is 1. The summed E-state index contributed by atoms with van der Waals surface area (Å²) in [6.45, 7) is 4.47. The zero-order valence-corrected chi connectivity index (χ0v) is 13.2. The summed E-state index contributed by atoms with van der Waals surface area (Å²) in [6, 6.07) is 7.58. The number of rotatable bonds is 9. The van der Waals surface area contributed by atoms with E-state index in [1.54, 1.807) is 11.8 Å². The van der Waals surface area contributed by atoms with Gasteiger partial charge in [-0.3, -0.25) is 4.79 Å². The molecule has 0 bridgehead atoms. The summed E-state index contributed by atoms with van der Waals surface area (Å²) in [5.41, 5.74) is 5.50. The highest BCUT2D eigenvalue weighted by Gasteiger charge is 2.23. The summed E-state index contributed by atoms with van der Waals surface area (Å²) in [5, 5.41) is 10.4. The van der Waals surface area contributed by atoms with Crippen LogP contribution in [0.5, 0.6) is 0 Å². The lowest BCUT2D eigenvalue weighted by Gasteiger charge is -2.25. The van der Waals surface area contributed by atoms with Gasteiger partial charge in [0.25, 0.3) is 0 Å².